The Morgan fingerprint density at radius 3 is 1.86 bits per heavy atom. The van der Waals surface area contributed by atoms with Gasteiger partial charge in [-0.05, 0) is 22.7 Å². The van der Waals surface area contributed by atoms with Crippen LogP contribution < -0.4 is 10.4 Å². The van der Waals surface area contributed by atoms with E-state index in [2.05, 4.69) is 92.4 Å². The summed E-state index contributed by atoms with van der Waals surface area (Å²) in [5, 5.41) is 4.64. The SMILES string of the molecule is CC1C=CC=C([Si](C)(c2ccccc2)c2ccccc2)C1. The Morgan fingerprint density at radius 1 is 0.857 bits per heavy atom. The summed E-state index contributed by atoms with van der Waals surface area (Å²) in [5.41, 5.74) is 0. The van der Waals surface area contributed by atoms with Crippen LogP contribution in [-0.4, -0.2) is 8.07 Å². The molecule has 0 aromatic heterocycles. The molecule has 0 N–H and O–H groups in total. The molecule has 1 unspecified atom stereocenters. The Morgan fingerprint density at radius 2 is 1.38 bits per heavy atom. The summed E-state index contributed by atoms with van der Waals surface area (Å²) in [6.45, 7) is 4.81. The molecule has 0 spiro atoms. The van der Waals surface area contributed by atoms with Gasteiger partial charge >= 0.3 is 0 Å². The van der Waals surface area contributed by atoms with Crippen molar-refractivity contribution in [2.45, 2.75) is 19.9 Å². The summed E-state index contributed by atoms with van der Waals surface area (Å²) >= 11 is 0. The van der Waals surface area contributed by atoms with Crippen LogP contribution in [0.25, 0.3) is 0 Å². The van der Waals surface area contributed by atoms with Crippen LogP contribution in [0.2, 0.25) is 6.55 Å². The van der Waals surface area contributed by atoms with Gasteiger partial charge in [-0.2, -0.15) is 0 Å². The third-order valence-corrected chi connectivity index (χ3v) is 9.25. The van der Waals surface area contributed by atoms with Crippen LogP contribution >= 0.6 is 0 Å². The van der Waals surface area contributed by atoms with Gasteiger partial charge < -0.3 is 0 Å². The zero-order chi connectivity index (χ0) is 14.7. The van der Waals surface area contributed by atoms with Crippen molar-refractivity contribution in [1.29, 1.82) is 0 Å². The third kappa shape index (κ3) is 2.66. The summed E-state index contributed by atoms with van der Waals surface area (Å²) in [6, 6.07) is 22.1. The van der Waals surface area contributed by atoms with Gasteiger partial charge in [0.05, 0.1) is 0 Å². The minimum atomic E-state index is -1.83. The second kappa shape index (κ2) is 5.86. The highest BCUT2D eigenvalue weighted by Crippen LogP contribution is 2.26. The van der Waals surface area contributed by atoms with Crippen molar-refractivity contribution in [3.05, 3.63) is 84.1 Å². The molecule has 0 fully saturated rings. The molecule has 0 saturated carbocycles. The van der Waals surface area contributed by atoms with Crippen LogP contribution in [0.4, 0.5) is 0 Å². The predicted molar refractivity (Wildman–Crippen MR) is 94.8 cm³/mol. The van der Waals surface area contributed by atoms with E-state index < -0.39 is 8.07 Å². The number of rotatable bonds is 3. The Balaban J connectivity index is 2.16. The molecule has 1 aliphatic rings. The number of allylic oxidation sites excluding steroid dienone is 4. The van der Waals surface area contributed by atoms with Crippen molar-refractivity contribution in [3.8, 4) is 0 Å². The molecule has 0 bridgehead atoms. The zero-order valence-corrected chi connectivity index (χ0v) is 13.8. The second-order valence-electron chi connectivity index (χ2n) is 6.12. The highest BCUT2D eigenvalue weighted by Gasteiger charge is 2.36. The standard InChI is InChI=1S/C20H22Si/c1-17-10-9-15-20(16-17)21(2,18-11-5-3-6-12-18)19-13-7-4-8-14-19/h3-15,17H,16H2,1-2H3. The van der Waals surface area contributed by atoms with E-state index in [9.17, 15) is 0 Å². The quantitative estimate of drug-likeness (QED) is 0.751. The third-order valence-electron chi connectivity index (χ3n) is 4.62. The van der Waals surface area contributed by atoms with Gasteiger partial charge in [0.1, 0.15) is 8.07 Å². The monoisotopic (exact) mass is 290 g/mol. The Kier molecular flexibility index (Phi) is 3.93. The summed E-state index contributed by atoms with van der Waals surface area (Å²) in [7, 11) is -1.83. The van der Waals surface area contributed by atoms with Crippen molar-refractivity contribution in [2.24, 2.45) is 5.92 Å². The van der Waals surface area contributed by atoms with Crippen LogP contribution in [0, 0.1) is 5.92 Å². The zero-order valence-electron chi connectivity index (χ0n) is 12.8. The van der Waals surface area contributed by atoms with Crippen LogP contribution in [0.15, 0.2) is 84.1 Å². The summed E-state index contributed by atoms with van der Waals surface area (Å²) < 4.78 is 0. The van der Waals surface area contributed by atoms with E-state index in [1.807, 2.05) is 0 Å². The first-order chi connectivity index (χ1) is 10.2. The van der Waals surface area contributed by atoms with Crippen LogP contribution in [-0.2, 0) is 0 Å². The molecular formula is C20H22Si. The van der Waals surface area contributed by atoms with Gasteiger partial charge in [-0.25, -0.2) is 0 Å². The van der Waals surface area contributed by atoms with Crippen LogP contribution in [0.3, 0.4) is 0 Å². The van der Waals surface area contributed by atoms with Gasteiger partial charge in [0.25, 0.3) is 0 Å². The van der Waals surface area contributed by atoms with Gasteiger partial charge in [0.2, 0.25) is 0 Å². The topological polar surface area (TPSA) is 0 Å². The average Bonchev–Trinajstić information content (AvgIpc) is 2.56. The second-order valence-corrected chi connectivity index (χ2v) is 10.2. The fraction of sp³-hybridized carbons (Fsp3) is 0.200. The van der Waals surface area contributed by atoms with Crippen LogP contribution in [0.5, 0.6) is 0 Å². The van der Waals surface area contributed by atoms with E-state index >= 15 is 0 Å². The molecular weight excluding hydrogens is 268 g/mol. The van der Waals surface area contributed by atoms with Crippen molar-refractivity contribution in [2.75, 3.05) is 0 Å². The maximum absolute atomic E-state index is 2.50. The van der Waals surface area contributed by atoms with Crippen molar-refractivity contribution >= 4 is 18.4 Å². The predicted octanol–water partition coefficient (Wildman–Crippen LogP) is 3.94. The molecule has 0 aliphatic heterocycles. The fourth-order valence-corrected chi connectivity index (χ4v) is 7.25. The normalized spacial score (nSPS) is 18.4. The lowest BCUT2D eigenvalue weighted by molar-refractivity contribution is 0.725. The van der Waals surface area contributed by atoms with E-state index in [4.69, 9.17) is 0 Å². The number of benzene rings is 2. The van der Waals surface area contributed by atoms with Crippen molar-refractivity contribution in [3.63, 3.8) is 0 Å². The Hall–Kier alpha value is -1.86. The van der Waals surface area contributed by atoms with E-state index in [-0.39, 0.29) is 0 Å². The molecule has 1 heteroatoms. The molecule has 3 rings (SSSR count). The maximum atomic E-state index is 2.50. The largest absolute Gasteiger partial charge is 0.141 e. The fourth-order valence-electron chi connectivity index (χ4n) is 3.30. The molecule has 106 valence electrons. The van der Waals surface area contributed by atoms with E-state index in [1.165, 1.54) is 16.8 Å². The van der Waals surface area contributed by atoms with E-state index in [0.29, 0.717) is 5.92 Å². The molecule has 2 aromatic rings. The molecule has 2 aromatic carbocycles. The maximum Gasteiger partial charge on any atom is 0.141 e. The molecule has 1 aliphatic carbocycles. The first-order valence-electron chi connectivity index (χ1n) is 7.70. The highest BCUT2D eigenvalue weighted by molar-refractivity contribution is 7.06. The van der Waals surface area contributed by atoms with Crippen molar-refractivity contribution < 1.29 is 0 Å². The summed E-state index contributed by atoms with van der Waals surface area (Å²) in [5.74, 6) is 0.643. The lowest BCUT2D eigenvalue weighted by Gasteiger charge is -2.34. The van der Waals surface area contributed by atoms with E-state index in [1.54, 1.807) is 5.20 Å². The summed E-state index contributed by atoms with van der Waals surface area (Å²) in [4.78, 5) is 0. The smallest absolute Gasteiger partial charge is 0.0814 e. The lowest BCUT2D eigenvalue weighted by Crippen LogP contribution is -2.57. The molecule has 0 nitrogen and oxygen atoms in total. The number of hydrogen-bond donors (Lipinski definition) is 0. The highest BCUT2D eigenvalue weighted by atomic mass is 28.3. The average molecular weight is 290 g/mol. The van der Waals surface area contributed by atoms with Gasteiger partial charge in [0, 0.05) is 0 Å². The molecule has 0 radical (unpaired) electrons. The first-order valence-corrected chi connectivity index (χ1v) is 10.2. The minimum absolute atomic E-state index is 0.643. The van der Waals surface area contributed by atoms with Gasteiger partial charge in [0.15, 0.2) is 0 Å². The van der Waals surface area contributed by atoms with Gasteiger partial charge in [-0.3, -0.25) is 0 Å². The van der Waals surface area contributed by atoms with E-state index in [0.717, 1.165) is 0 Å². The first kappa shape index (κ1) is 14.1. The van der Waals surface area contributed by atoms with Gasteiger partial charge in [-0.15, -0.1) is 0 Å². The van der Waals surface area contributed by atoms with Crippen LogP contribution in [0.1, 0.15) is 13.3 Å². The number of hydrogen-bond acceptors (Lipinski definition) is 0. The Labute approximate surface area is 128 Å². The van der Waals surface area contributed by atoms with Gasteiger partial charge in [-0.1, -0.05) is 97.6 Å². The molecule has 0 heterocycles. The Bertz CT molecular complexity index is 613. The molecule has 21 heavy (non-hydrogen) atoms. The lowest BCUT2D eigenvalue weighted by atomic mass is 10.0. The molecule has 0 amide bonds. The van der Waals surface area contributed by atoms with Crippen molar-refractivity contribution in [1.82, 2.24) is 0 Å². The molecule has 0 saturated heterocycles. The molecule has 1 atom stereocenters. The summed E-state index contributed by atoms with van der Waals surface area (Å²) in [6.07, 6.45) is 8.12. The minimum Gasteiger partial charge on any atom is -0.0814 e.